The van der Waals surface area contributed by atoms with Gasteiger partial charge in [-0.3, -0.25) is 0 Å². The summed E-state index contributed by atoms with van der Waals surface area (Å²) in [4.78, 5) is 0. The molecule has 1 aliphatic carbocycles. The summed E-state index contributed by atoms with van der Waals surface area (Å²) in [5.41, 5.74) is 0.197. The zero-order valence-corrected chi connectivity index (χ0v) is 6.68. The van der Waals surface area contributed by atoms with Crippen LogP contribution in [-0.2, 0) is 4.74 Å². The maximum absolute atomic E-state index is 13.3. The molecule has 1 unspecified atom stereocenters. The summed E-state index contributed by atoms with van der Waals surface area (Å²) in [7, 11) is 1.16. The van der Waals surface area contributed by atoms with E-state index < -0.39 is 18.1 Å². The predicted molar refractivity (Wildman–Crippen MR) is 39.8 cm³/mol. The molecule has 0 amide bonds. The minimum Gasteiger partial charge on any atom is -0.392 e. The van der Waals surface area contributed by atoms with Crippen LogP contribution in [0.3, 0.4) is 0 Å². The monoisotopic (exact) mass is 176 g/mol. The third kappa shape index (κ3) is 1.89. The van der Waals surface area contributed by atoms with Crippen molar-refractivity contribution in [1.82, 2.24) is 0 Å². The average Bonchev–Trinajstić information content (AvgIpc) is 2.03. The summed E-state index contributed by atoms with van der Waals surface area (Å²) in [6.45, 7) is -0.386. The molecule has 1 rings (SSSR count). The van der Waals surface area contributed by atoms with Gasteiger partial charge in [-0.25, -0.2) is 8.78 Å². The van der Waals surface area contributed by atoms with Gasteiger partial charge < -0.3 is 9.84 Å². The van der Waals surface area contributed by atoms with Crippen LogP contribution in [-0.4, -0.2) is 24.7 Å². The Morgan fingerprint density at radius 1 is 1.75 bits per heavy atom. The molecular formula is C8H10F2O2. The average molecular weight is 176 g/mol. The molecule has 0 aromatic heterocycles. The van der Waals surface area contributed by atoms with E-state index in [1.807, 2.05) is 0 Å². The highest BCUT2D eigenvalue weighted by molar-refractivity contribution is 5.29. The molecule has 1 N–H and O–H groups in total. The summed E-state index contributed by atoms with van der Waals surface area (Å²) in [5.74, 6) is -2.72. The lowest BCUT2D eigenvalue weighted by atomic mass is 10.0. The first-order valence-corrected chi connectivity index (χ1v) is 3.52. The Labute approximate surface area is 69.1 Å². The van der Waals surface area contributed by atoms with Crippen LogP contribution in [0.15, 0.2) is 23.6 Å². The molecule has 4 heteroatoms. The zero-order valence-electron chi connectivity index (χ0n) is 6.68. The van der Waals surface area contributed by atoms with Crippen molar-refractivity contribution in [2.45, 2.75) is 12.3 Å². The second kappa shape index (κ2) is 3.33. The van der Waals surface area contributed by atoms with Gasteiger partial charge in [-0.2, -0.15) is 0 Å². The van der Waals surface area contributed by atoms with E-state index in [0.29, 0.717) is 0 Å². The van der Waals surface area contributed by atoms with Gasteiger partial charge in [0, 0.05) is 7.11 Å². The molecule has 0 saturated heterocycles. The van der Waals surface area contributed by atoms with Crippen molar-refractivity contribution in [2.75, 3.05) is 13.7 Å². The van der Waals surface area contributed by atoms with Gasteiger partial charge in [0.1, 0.15) is 5.83 Å². The van der Waals surface area contributed by atoms with Gasteiger partial charge in [-0.15, -0.1) is 0 Å². The molecule has 0 aromatic rings. The van der Waals surface area contributed by atoms with E-state index in [4.69, 9.17) is 5.11 Å². The lowest BCUT2D eigenvalue weighted by Gasteiger charge is -2.23. The van der Waals surface area contributed by atoms with Crippen molar-refractivity contribution < 1.29 is 18.6 Å². The molecule has 68 valence electrons. The highest BCUT2D eigenvalue weighted by Gasteiger charge is 2.31. The first-order chi connectivity index (χ1) is 5.59. The third-order valence-corrected chi connectivity index (χ3v) is 1.67. The van der Waals surface area contributed by atoms with Crippen molar-refractivity contribution in [3.05, 3.63) is 23.6 Å². The molecular weight excluding hydrogens is 166 g/mol. The van der Waals surface area contributed by atoms with Crippen LogP contribution < -0.4 is 0 Å². The number of alkyl halides is 1. The van der Waals surface area contributed by atoms with Crippen LogP contribution >= 0.6 is 0 Å². The van der Waals surface area contributed by atoms with Crippen molar-refractivity contribution in [3.63, 3.8) is 0 Å². The first-order valence-electron chi connectivity index (χ1n) is 3.52. The molecule has 0 spiro atoms. The maximum Gasteiger partial charge on any atom is 0.235 e. The van der Waals surface area contributed by atoms with Crippen LogP contribution in [0.5, 0.6) is 0 Å². The van der Waals surface area contributed by atoms with Gasteiger partial charge in [-0.05, 0) is 17.7 Å². The smallest absolute Gasteiger partial charge is 0.235 e. The van der Waals surface area contributed by atoms with Gasteiger partial charge in [0.05, 0.1) is 13.0 Å². The molecule has 0 saturated carbocycles. The zero-order chi connectivity index (χ0) is 9.19. The standard InChI is InChI=1S/C8H10F2O2/c1-12-8(10)3-6(5-11)2-7(9)4-8/h2-3,11H,4-5H2,1H3. The Morgan fingerprint density at radius 2 is 2.42 bits per heavy atom. The summed E-state index contributed by atoms with van der Waals surface area (Å²) in [6.07, 6.45) is 1.76. The molecule has 0 aromatic carbocycles. The van der Waals surface area contributed by atoms with E-state index in [0.717, 1.165) is 19.3 Å². The van der Waals surface area contributed by atoms with E-state index in [2.05, 4.69) is 4.74 Å². The van der Waals surface area contributed by atoms with Crippen LogP contribution in [0.1, 0.15) is 6.42 Å². The van der Waals surface area contributed by atoms with Crippen molar-refractivity contribution in [3.8, 4) is 0 Å². The Bertz CT molecular complexity index is 235. The molecule has 12 heavy (non-hydrogen) atoms. The van der Waals surface area contributed by atoms with E-state index in [-0.39, 0.29) is 12.2 Å². The molecule has 1 aliphatic rings. The largest absolute Gasteiger partial charge is 0.392 e. The number of halogens is 2. The first kappa shape index (κ1) is 9.35. The molecule has 0 fully saturated rings. The van der Waals surface area contributed by atoms with Crippen LogP contribution in [0.4, 0.5) is 8.78 Å². The number of aliphatic hydroxyl groups excluding tert-OH is 1. The Kier molecular flexibility index (Phi) is 2.59. The van der Waals surface area contributed by atoms with E-state index in [9.17, 15) is 8.78 Å². The highest BCUT2D eigenvalue weighted by Crippen LogP contribution is 2.30. The highest BCUT2D eigenvalue weighted by atomic mass is 19.2. The topological polar surface area (TPSA) is 29.5 Å². The molecule has 0 heterocycles. The van der Waals surface area contributed by atoms with Crippen LogP contribution in [0.25, 0.3) is 0 Å². The number of hydrogen-bond donors (Lipinski definition) is 1. The van der Waals surface area contributed by atoms with Gasteiger partial charge in [0.25, 0.3) is 0 Å². The SMILES string of the molecule is COC1(F)C=C(CO)C=C(F)C1. The summed E-state index contributed by atoms with van der Waals surface area (Å²) in [6, 6.07) is 0. The van der Waals surface area contributed by atoms with Gasteiger partial charge in [0.2, 0.25) is 5.85 Å². The second-order valence-corrected chi connectivity index (χ2v) is 2.64. The molecule has 0 radical (unpaired) electrons. The Balaban J connectivity index is 2.87. The lowest BCUT2D eigenvalue weighted by molar-refractivity contribution is -0.0829. The third-order valence-electron chi connectivity index (χ3n) is 1.67. The van der Waals surface area contributed by atoms with E-state index in [1.165, 1.54) is 0 Å². The Morgan fingerprint density at radius 3 is 2.92 bits per heavy atom. The number of aliphatic hydroxyl groups is 1. The number of hydrogen-bond acceptors (Lipinski definition) is 2. The van der Waals surface area contributed by atoms with Gasteiger partial charge in [-0.1, -0.05) is 0 Å². The van der Waals surface area contributed by atoms with Gasteiger partial charge >= 0.3 is 0 Å². The minimum atomic E-state index is -2.10. The Hall–Kier alpha value is -0.740. The molecule has 0 aliphatic heterocycles. The fourth-order valence-electron chi connectivity index (χ4n) is 1.07. The van der Waals surface area contributed by atoms with Crippen molar-refractivity contribution in [1.29, 1.82) is 0 Å². The number of rotatable bonds is 2. The van der Waals surface area contributed by atoms with E-state index in [1.54, 1.807) is 0 Å². The molecule has 2 nitrogen and oxygen atoms in total. The fourth-order valence-corrected chi connectivity index (χ4v) is 1.07. The summed E-state index contributed by atoms with van der Waals surface area (Å²) >= 11 is 0. The number of ether oxygens (including phenoxy) is 1. The second-order valence-electron chi connectivity index (χ2n) is 2.64. The van der Waals surface area contributed by atoms with E-state index >= 15 is 0 Å². The molecule has 0 bridgehead atoms. The maximum atomic E-state index is 13.3. The van der Waals surface area contributed by atoms with Crippen molar-refractivity contribution >= 4 is 0 Å². The minimum absolute atomic E-state index is 0.197. The predicted octanol–water partition coefficient (Wildman–Crippen LogP) is 1.47. The van der Waals surface area contributed by atoms with Gasteiger partial charge in [0.15, 0.2) is 0 Å². The van der Waals surface area contributed by atoms with Crippen LogP contribution in [0.2, 0.25) is 0 Å². The number of methoxy groups -OCH3 is 1. The normalized spacial score (nSPS) is 29.7. The molecule has 1 atom stereocenters. The fraction of sp³-hybridized carbons (Fsp3) is 0.500. The van der Waals surface area contributed by atoms with Crippen LogP contribution in [0, 0.1) is 0 Å². The van der Waals surface area contributed by atoms with Crippen molar-refractivity contribution in [2.24, 2.45) is 0 Å². The summed E-state index contributed by atoms with van der Waals surface area (Å²) in [5, 5.41) is 8.63. The lowest BCUT2D eigenvalue weighted by Crippen LogP contribution is -2.25. The summed E-state index contributed by atoms with van der Waals surface area (Å²) < 4.78 is 30.4. The quantitative estimate of drug-likeness (QED) is 0.690.